The second kappa shape index (κ2) is 9.43. The molecule has 2 aromatic heterocycles. The van der Waals surface area contributed by atoms with Gasteiger partial charge in [-0.3, -0.25) is 19.4 Å². The van der Waals surface area contributed by atoms with Crippen molar-refractivity contribution in [2.75, 3.05) is 59.0 Å². The summed E-state index contributed by atoms with van der Waals surface area (Å²) < 4.78 is 9.63. The number of aryl methyl sites for hydroxylation is 3. The second-order valence-corrected chi connectivity index (χ2v) is 8.41. The summed E-state index contributed by atoms with van der Waals surface area (Å²) in [6.07, 6.45) is 1.61. The number of nitrogens with zero attached hydrogens (tertiary/aromatic N) is 7. The monoisotopic (exact) mass is 448 g/mol. The molecular formula is C20H32N8O4. The fraction of sp³-hybridized carbons (Fsp3) is 0.700. The number of rotatable bonds is 5. The number of carbonyl (C=O) groups excluding carboxylic acids is 1. The van der Waals surface area contributed by atoms with Crippen molar-refractivity contribution in [1.82, 2.24) is 38.9 Å². The molecule has 0 bridgehead atoms. The maximum Gasteiger partial charge on any atom is 0.332 e. The number of hydrogen-bond acceptors (Lipinski definition) is 7. The van der Waals surface area contributed by atoms with Crippen LogP contribution in [0.25, 0.3) is 11.2 Å². The quantitative estimate of drug-likeness (QED) is 0.591. The molecule has 0 aliphatic carbocycles. The summed E-state index contributed by atoms with van der Waals surface area (Å²) in [6.45, 7) is 6.67. The zero-order valence-corrected chi connectivity index (χ0v) is 19.0. The number of hydrazine groups is 1. The van der Waals surface area contributed by atoms with E-state index in [2.05, 4.69) is 15.3 Å². The van der Waals surface area contributed by atoms with E-state index in [4.69, 9.17) is 4.74 Å². The van der Waals surface area contributed by atoms with E-state index >= 15 is 0 Å². The highest BCUT2D eigenvalue weighted by molar-refractivity contribution is 5.73. The first-order valence-electron chi connectivity index (χ1n) is 11.1. The number of carbonyl (C=O) groups is 1. The Balaban J connectivity index is 1.27. The summed E-state index contributed by atoms with van der Waals surface area (Å²) in [5, 5.41) is 1.98. The van der Waals surface area contributed by atoms with Crippen molar-refractivity contribution in [1.29, 1.82) is 0 Å². The van der Waals surface area contributed by atoms with E-state index in [1.54, 1.807) is 16.5 Å². The Bertz CT molecular complexity index is 1090. The molecule has 12 heteroatoms. The molecule has 4 rings (SSSR count). The third-order valence-corrected chi connectivity index (χ3v) is 6.37. The first-order valence-corrected chi connectivity index (χ1v) is 11.1. The van der Waals surface area contributed by atoms with E-state index in [0.29, 0.717) is 37.5 Å². The van der Waals surface area contributed by atoms with Crippen LogP contribution in [-0.2, 0) is 32.3 Å². The summed E-state index contributed by atoms with van der Waals surface area (Å²) in [5.41, 5.74) is 3.19. The van der Waals surface area contributed by atoms with Crippen LogP contribution in [0.5, 0.6) is 0 Å². The predicted molar refractivity (Wildman–Crippen MR) is 118 cm³/mol. The van der Waals surface area contributed by atoms with Crippen molar-refractivity contribution in [3.8, 4) is 0 Å². The van der Waals surface area contributed by atoms with Gasteiger partial charge in [-0.25, -0.2) is 19.6 Å². The number of imidazole rings is 1. The Kier molecular flexibility index (Phi) is 6.63. The molecule has 0 radical (unpaired) electrons. The van der Waals surface area contributed by atoms with Crippen LogP contribution in [0.1, 0.15) is 12.2 Å². The van der Waals surface area contributed by atoms with Crippen molar-refractivity contribution < 1.29 is 9.53 Å². The number of morpholine rings is 1. The molecule has 176 valence electrons. The number of hydrogen-bond donors (Lipinski definition) is 1. The van der Waals surface area contributed by atoms with Crippen LogP contribution in [0.4, 0.5) is 4.79 Å². The van der Waals surface area contributed by atoms with Gasteiger partial charge in [-0.2, -0.15) is 0 Å². The summed E-state index contributed by atoms with van der Waals surface area (Å²) >= 11 is 0. The minimum absolute atomic E-state index is 0.0517. The van der Waals surface area contributed by atoms with Crippen molar-refractivity contribution in [3.63, 3.8) is 0 Å². The van der Waals surface area contributed by atoms with Crippen LogP contribution in [0.15, 0.2) is 9.59 Å². The number of urea groups is 1. The van der Waals surface area contributed by atoms with E-state index in [9.17, 15) is 14.4 Å². The number of amides is 2. The molecule has 0 spiro atoms. The SMILES string of the molecule is Cn1c(=O)c2c(nc(CCCN3CCN(NC(=O)N4CCOCC4)CC3)n2C)n(C)c1=O. The number of nitrogens with one attached hydrogen (secondary N) is 1. The minimum atomic E-state index is -0.370. The lowest BCUT2D eigenvalue weighted by Crippen LogP contribution is -2.57. The Hall–Kier alpha value is -2.70. The van der Waals surface area contributed by atoms with Crippen LogP contribution in [0.2, 0.25) is 0 Å². The molecule has 2 aliphatic heterocycles. The predicted octanol–water partition coefficient (Wildman–Crippen LogP) is -1.52. The minimum Gasteiger partial charge on any atom is -0.378 e. The van der Waals surface area contributed by atoms with E-state index in [1.807, 2.05) is 12.1 Å². The average molecular weight is 449 g/mol. The molecule has 2 saturated heterocycles. The van der Waals surface area contributed by atoms with Crippen molar-refractivity contribution in [3.05, 3.63) is 26.7 Å². The number of aromatic nitrogens is 4. The zero-order valence-electron chi connectivity index (χ0n) is 19.0. The summed E-state index contributed by atoms with van der Waals surface area (Å²) in [6, 6.07) is -0.0517. The molecule has 2 aliphatic rings. The standard InChI is InChI=1S/C20H32N8O4/c1-23-15(21-17-16(23)18(29)25(3)20(31)24(17)2)5-4-6-26-7-9-28(10-8-26)22-19(30)27-11-13-32-14-12-27/h4-14H2,1-3H3,(H,22,30). The number of piperazine rings is 1. The van der Waals surface area contributed by atoms with Gasteiger partial charge < -0.3 is 19.1 Å². The van der Waals surface area contributed by atoms with Gasteiger partial charge in [-0.1, -0.05) is 0 Å². The number of ether oxygens (including phenoxy) is 1. The molecule has 2 fully saturated rings. The second-order valence-electron chi connectivity index (χ2n) is 8.41. The fourth-order valence-corrected chi connectivity index (χ4v) is 4.30. The Morgan fingerprint density at radius 3 is 2.34 bits per heavy atom. The van der Waals surface area contributed by atoms with Gasteiger partial charge in [0.1, 0.15) is 5.82 Å². The highest BCUT2D eigenvalue weighted by atomic mass is 16.5. The Morgan fingerprint density at radius 2 is 1.66 bits per heavy atom. The van der Waals surface area contributed by atoms with Gasteiger partial charge in [0, 0.05) is 66.8 Å². The molecule has 0 aromatic carbocycles. The van der Waals surface area contributed by atoms with Crippen LogP contribution >= 0.6 is 0 Å². The molecule has 0 atom stereocenters. The lowest BCUT2D eigenvalue weighted by Gasteiger charge is -2.36. The molecular weight excluding hydrogens is 416 g/mol. The number of fused-ring (bicyclic) bond motifs is 1. The third-order valence-electron chi connectivity index (χ3n) is 6.37. The largest absolute Gasteiger partial charge is 0.378 e. The summed E-state index contributed by atoms with van der Waals surface area (Å²) in [5.74, 6) is 0.801. The van der Waals surface area contributed by atoms with Crippen molar-refractivity contribution in [2.24, 2.45) is 21.1 Å². The van der Waals surface area contributed by atoms with Gasteiger partial charge in [-0.05, 0) is 13.0 Å². The van der Waals surface area contributed by atoms with Gasteiger partial charge in [0.25, 0.3) is 5.56 Å². The topological polar surface area (TPSA) is 110 Å². The maximum absolute atomic E-state index is 12.5. The Morgan fingerprint density at radius 1 is 0.969 bits per heavy atom. The smallest absolute Gasteiger partial charge is 0.332 e. The van der Waals surface area contributed by atoms with Gasteiger partial charge in [0.2, 0.25) is 0 Å². The fourth-order valence-electron chi connectivity index (χ4n) is 4.30. The van der Waals surface area contributed by atoms with Crippen molar-refractivity contribution >= 4 is 17.2 Å². The lowest BCUT2D eigenvalue weighted by molar-refractivity contribution is 0.0398. The normalized spacial score (nSPS) is 18.4. The van der Waals surface area contributed by atoms with E-state index < -0.39 is 0 Å². The summed E-state index contributed by atoms with van der Waals surface area (Å²) in [4.78, 5) is 45.7. The first-order chi connectivity index (χ1) is 15.4. The molecule has 1 N–H and O–H groups in total. The molecule has 12 nitrogen and oxygen atoms in total. The molecule has 2 aromatic rings. The van der Waals surface area contributed by atoms with E-state index in [-0.39, 0.29) is 17.3 Å². The van der Waals surface area contributed by atoms with Crippen LogP contribution in [0, 0.1) is 0 Å². The zero-order chi connectivity index (χ0) is 22.8. The third kappa shape index (κ3) is 4.43. The van der Waals surface area contributed by atoms with Gasteiger partial charge in [-0.15, -0.1) is 0 Å². The highest BCUT2D eigenvalue weighted by Crippen LogP contribution is 2.11. The van der Waals surface area contributed by atoms with Gasteiger partial charge in [0.05, 0.1) is 13.2 Å². The maximum atomic E-state index is 12.5. The van der Waals surface area contributed by atoms with Gasteiger partial charge >= 0.3 is 11.7 Å². The molecule has 4 heterocycles. The first kappa shape index (κ1) is 22.5. The van der Waals surface area contributed by atoms with Gasteiger partial charge in [0.15, 0.2) is 11.2 Å². The summed E-state index contributed by atoms with van der Waals surface area (Å²) in [7, 11) is 4.95. The molecule has 32 heavy (non-hydrogen) atoms. The van der Waals surface area contributed by atoms with E-state index in [1.165, 1.54) is 11.6 Å². The highest BCUT2D eigenvalue weighted by Gasteiger charge is 2.22. The average Bonchev–Trinajstić information content (AvgIpc) is 3.14. The van der Waals surface area contributed by atoms with Crippen LogP contribution < -0.4 is 16.7 Å². The van der Waals surface area contributed by atoms with Crippen LogP contribution in [-0.4, -0.2) is 98.6 Å². The van der Waals surface area contributed by atoms with E-state index in [0.717, 1.165) is 56.0 Å². The molecule has 0 saturated carbocycles. The lowest BCUT2D eigenvalue weighted by atomic mass is 10.2. The molecule has 2 amide bonds. The molecule has 0 unspecified atom stereocenters. The van der Waals surface area contributed by atoms with Crippen LogP contribution in [0.3, 0.4) is 0 Å². The van der Waals surface area contributed by atoms with Crippen molar-refractivity contribution in [2.45, 2.75) is 12.8 Å². The Labute approximate surface area is 185 Å².